The average Bonchev–Trinajstić information content (AvgIpc) is 3.22. The lowest BCUT2D eigenvalue weighted by Gasteiger charge is -2.22. The van der Waals surface area contributed by atoms with E-state index in [9.17, 15) is 0 Å². The van der Waals surface area contributed by atoms with Gasteiger partial charge in [-0.2, -0.15) is 0 Å². The summed E-state index contributed by atoms with van der Waals surface area (Å²) in [5.41, 5.74) is 13.0. The van der Waals surface area contributed by atoms with Gasteiger partial charge in [-0.25, -0.2) is 0 Å². The van der Waals surface area contributed by atoms with E-state index < -0.39 is 0 Å². The van der Waals surface area contributed by atoms with Gasteiger partial charge in [0.05, 0.1) is 0 Å². The Morgan fingerprint density at radius 2 is 0.923 bits per heavy atom. The Hall–Kier alpha value is -4.68. The van der Waals surface area contributed by atoms with Crippen LogP contribution in [0.15, 0.2) is 133 Å². The van der Waals surface area contributed by atoms with Gasteiger partial charge in [-0.15, -0.1) is 0 Å². The van der Waals surface area contributed by atoms with Crippen LogP contribution >= 0.6 is 0 Å². The van der Waals surface area contributed by atoms with Crippen LogP contribution in [0, 0.1) is 0 Å². The fourth-order valence-electron chi connectivity index (χ4n) is 6.02. The van der Waals surface area contributed by atoms with E-state index in [0.29, 0.717) is 0 Å². The molecule has 186 valence electrons. The van der Waals surface area contributed by atoms with Gasteiger partial charge in [-0.3, -0.25) is 0 Å². The van der Waals surface area contributed by atoms with Gasteiger partial charge in [-0.1, -0.05) is 141 Å². The maximum atomic E-state index is 2.40. The normalized spacial score (nSPS) is 13.5. The molecule has 39 heavy (non-hydrogen) atoms. The van der Waals surface area contributed by atoms with E-state index in [-0.39, 0.29) is 5.41 Å². The number of hydrogen-bond acceptors (Lipinski definition) is 0. The molecule has 0 aromatic heterocycles. The highest BCUT2D eigenvalue weighted by atomic mass is 14.4. The molecule has 0 unspecified atom stereocenters. The summed E-state index contributed by atoms with van der Waals surface area (Å²) in [6.45, 7) is 4.72. The van der Waals surface area contributed by atoms with Crippen molar-refractivity contribution in [3.8, 4) is 33.4 Å². The molecule has 0 aliphatic heterocycles. The zero-order valence-electron chi connectivity index (χ0n) is 22.4. The van der Waals surface area contributed by atoms with Gasteiger partial charge in [0.15, 0.2) is 0 Å². The van der Waals surface area contributed by atoms with Crippen molar-refractivity contribution >= 4 is 22.9 Å². The van der Waals surface area contributed by atoms with E-state index >= 15 is 0 Å². The molecule has 1 aliphatic rings. The smallest absolute Gasteiger partial charge is 0.0159 e. The molecule has 0 amide bonds. The molecule has 6 aromatic carbocycles. The predicted octanol–water partition coefficient (Wildman–Crippen LogP) is 10.7. The fourth-order valence-corrected chi connectivity index (χ4v) is 6.02. The number of hydrogen-bond donors (Lipinski definition) is 0. The lowest BCUT2D eigenvalue weighted by atomic mass is 9.81. The first-order chi connectivity index (χ1) is 19.1. The highest BCUT2D eigenvalue weighted by Crippen LogP contribution is 2.50. The molecule has 0 heteroatoms. The molecule has 0 saturated carbocycles. The van der Waals surface area contributed by atoms with Crippen molar-refractivity contribution in [3.05, 3.63) is 156 Å². The van der Waals surface area contributed by atoms with Crippen molar-refractivity contribution in [3.63, 3.8) is 0 Å². The Bertz CT molecular complexity index is 1850. The van der Waals surface area contributed by atoms with Crippen molar-refractivity contribution in [2.24, 2.45) is 0 Å². The minimum absolute atomic E-state index is 0.0476. The first kappa shape index (κ1) is 23.4. The molecule has 0 nitrogen and oxygen atoms in total. The standard InChI is InChI=1S/C39H30/c1-39(2)37-25-33(29-8-4-3-5-9-29)20-22-35(37)36-23-21-34(26-38(36)39)31-17-14-27(15-18-31)12-13-28-16-19-30-10-6-7-11-32(30)24-28/h3-26H,1-2H3. The molecule has 0 bridgehead atoms. The minimum Gasteiger partial charge on any atom is -0.0622 e. The number of fused-ring (bicyclic) bond motifs is 4. The number of benzene rings is 6. The van der Waals surface area contributed by atoms with Crippen LogP contribution in [0.3, 0.4) is 0 Å². The minimum atomic E-state index is -0.0476. The summed E-state index contributed by atoms with van der Waals surface area (Å²) in [7, 11) is 0. The second kappa shape index (κ2) is 9.26. The lowest BCUT2D eigenvalue weighted by molar-refractivity contribution is 0.661. The molecule has 0 heterocycles. The SMILES string of the molecule is CC1(C)c2cc(-c3ccccc3)ccc2-c2ccc(-c3ccc(C=Cc4ccc5ccccc5c4)cc3)cc21. The molecular formula is C39H30. The molecule has 0 spiro atoms. The van der Waals surface area contributed by atoms with Gasteiger partial charge in [0.25, 0.3) is 0 Å². The molecule has 0 fully saturated rings. The largest absolute Gasteiger partial charge is 0.0622 e. The topological polar surface area (TPSA) is 0 Å². The van der Waals surface area contributed by atoms with Gasteiger partial charge >= 0.3 is 0 Å². The second-order valence-corrected chi connectivity index (χ2v) is 11.1. The molecule has 1 aliphatic carbocycles. The Morgan fingerprint density at radius 1 is 0.410 bits per heavy atom. The summed E-state index contributed by atoms with van der Waals surface area (Å²) in [4.78, 5) is 0. The molecule has 0 atom stereocenters. The summed E-state index contributed by atoms with van der Waals surface area (Å²) >= 11 is 0. The van der Waals surface area contributed by atoms with Crippen LogP contribution in [0.5, 0.6) is 0 Å². The Morgan fingerprint density at radius 3 is 1.59 bits per heavy atom. The summed E-state index contributed by atoms with van der Waals surface area (Å²) in [5.74, 6) is 0. The highest BCUT2D eigenvalue weighted by Gasteiger charge is 2.35. The third-order valence-corrected chi connectivity index (χ3v) is 8.27. The maximum absolute atomic E-state index is 2.40. The molecule has 7 rings (SSSR count). The molecular weight excluding hydrogens is 468 g/mol. The van der Waals surface area contributed by atoms with E-state index in [0.717, 1.165) is 0 Å². The summed E-state index contributed by atoms with van der Waals surface area (Å²) in [6.07, 6.45) is 4.39. The fraction of sp³-hybridized carbons (Fsp3) is 0.0769. The zero-order chi connectivity index (χ0) is 26.4. The summed E-state index contributed by atoms with van der Waals surface area (Å²) in [5, 5.41) is 2.55. The first-order valence-corrected chi connectivity index (χ1v) is 13.7. The summed E-state index contributed by atoms with van der Waals surface area (Å²) in [6, 6.07) is 48.6. The van der Waals surface area contributed by atoms with Crippen molar-refractivity contribution in [2.45, 2.75) is 19.3 Å². The van der Waals surface area contributed by atoms with Crippen molar-refractivity contribution in [2.75, 3.05) is 0 Å². The van der Waals surface area contributed by atoms with Gasteiger partial charge in [0.1, 0.15) is 0 Å². The van der Waals surface area contributed by atoms with E-state index in [4.69, 9.17) is 0 Å². The van der Waals surface area contributed by atoms with E-state index in [1.165, 1.54) is 66.4 Å². The van der Waals surface area contributed by atoms with Gasteiger partial charge in [0.2, 0.25) is 0 Å². The second-order valence-electron chi connectivity index (χ2n) is 11.1. The third-order valence-electron chi connectivity index (χ3n) is 8.27. The van der Waals surface area contributed by atoms with Crippen molar-refractivity contribution in [1.82, 2.24) is 0 Å². The highest BCUT2D eigenvalue weighted by molar-refractivity contribution is 5.87. The van der Waals surface area contributed by atoms with Crippen LogP contribution in [-0.4, -0.2) is 0 Å². The lowest BCUT2D eigenvalue weighted by Crippen LogP contribution is -2.15. The van der Waals surface area contributed by atoms with Crippen LogP contribution in [-0.2, 0) is 5.41 Å². The Kier molecular flexibility index (Phi) is 5.56. The van der Waals surface area contributed by atoms with Gasteiger partial charge < -0.3 is 0 Å². The maximum Gasteiger partial charge on any atom is 0.0159 e. The monoisotopic (exact) mass is 498 g/mol. The van der Waals surface area contributed by atoms with E-state index in [1.54, 1.807) is 0 Å². The number of rotatable bonds is 4. The predicted molar refractivity (Wildman–Crippen MR) is 168 cm³/mol. The van der Waals surface area contributed by atoms with E-state index in [1.807, 2.05) is 0 Å². The van der Waals surface area contributed by atoms with Crippen molar-refractivity contribution in [1.29, 1.82) is 0 Å². The summed E-state index contributed by atoms with van der Waals surface area (Å²) < 4.78 is 0. The quantitative estimate of drug-likeness (QED) is 0.212. The molecule has 0 radical (unpaired) electrons. The Balaban J connectivity index is 1.16. The van der Waals surface area contributed by atoms with Crippen LogP contribution in [0.2, 0.25) is 0 Å². The van der Waals surface area contributed by atoms with Crippen LogP contribution < -0.4 is 0 Å². The first-order valence-electron chi connectivity index (χ1n) is 13.7. The Labute approximate surface area is 230 Å². The molecule has 0 saturated heterocycles. The average molecular weight is 499 g/mol. The van der Waals surface area contributed by atoms with Crippen LogP contribution in [0.1, 0.15) is 36.1 Å². The third kappa shape index (κ3) is 4.19. The van der Waals surface area contributed by atoms with Crippen molar-refractivity contribution < 1.29 is 0 Å². The molecule has 6 aromatic rings. The van der Waals surface area contributed by atoms with Gasteiger partial charge in [-0.05, 0) is 84.6 Å². The van der Waals surface area contributed by atoms with Gasteiger partial charge in [0, 0.05) is 5.41 Å². The molecule has 0 N–H and O–H groups in total. The van der Waals surface area contributed by atoms with Crippen LogP contribution in [0.25, 0.3) is 56.3 Å². The zero-order valence-corrected chi connectivity index (χ0v) is 22.4. The van der Waals surface area contributed by atoms with Crippen LogP contribution in [0.4, 0.5) is 0 Å². The van der Waals surface area contributed by atoms with E-state index in [2.05, 4.69) is 159 Å².